The predicted molar refractivity (Wildman–Crippen MR) is 126 cm³/mol. The van der Waals surface area contributed by atoms with Crippen molar-refractivity contribution in [2.45, 2.75) is 6.42 Å². The molecule has 1 amide bonds. The third kappa shape index (κ3) is 3.48. The molecule has 5 heteroatoms. The molecule has 0 bridgehead atoms. The van der Waals surface area contributed by atoms with E-state index in [1.807, 2.05) is 72.8 Å². The lowest BCUT2D eigenvalue weighted by Gasteiger charge is -2.17. The van der Waals surface area contributed by atoms with Gasteiger partial charge in [0.2, 0.25) is 5.91 Å². The van der Waals surface area contributed by atoms with Crippen molar-refractivity contribution in [3.05, 3.63) is 84.4 Å². The SMILES string of the molecule is COc1ccc(-c2cc(-c3ccccc3)nc3c2CC(=O)Nc2ccccc2-3)cc1OC. The Kier molecular flexibility index (Phi) is 5.07. The quantitative estimate of drug-likeness (QED) is 0.465. The van der Waals surface area contributed by atoms with Crippen LogP contribution in [0.4, 0.5) is 5.69 Å². The Balaban J connectivity index is 1.82. The molecule has 5 rings (SSSR count). The normalized spacial score (nSPS) is 12.2. The predicted octanol–water partition coefficient (Wildman–Crippen LogP) is 5.59. The van der Waals surface area contributed by atoms with Crippen LogP contribution in [0, 0.1) is 0 Å². The number of anilines is 1. The number of hydrogen-bond acceptors (Lipinski definition) is 4. The molecule has 1 aliphatic heterocycles. The molecule has 5 nitrogen and oxygen atoms in total. The maximum absolute atomic E-state index is 12.8. The van der Waals surface area contributed by atoms with Gasteiger partial charge in [0.05, 0.1) is 37.7 Å². The van der Waals surface area contributed by atoms with Crippen molar-refractivity contribution in [1.82, 2.24) is 4.98 Å². The van der Waals surface area contributed by atoms with Crippen LogP contribution in [0.25, 0.3) is 33.6 Å². The van der Waals surface area contributed by atoms with Crippen LogP contribution in [0.2, 0.25) is 0 Å². The van der Waals surface area contributed by atoms with Gasteiger partial charge in [-0.05, 0) is 41.0 Å². The average molecular weight is 422 g/mol. The van der Waals surface area contributed by atoms with Crippen LogP contribution in [0.3, 0.4) is 0 Å². The van der Waals surface area contributed by atoms with E-state index >= 15 is 0 Å². The second-order valence-electron chi connectivity index (χ2n) is 7.59. The lowest BCUT2D eigenvalue weighted by atomic mass is 9.92. The monoisotopic (exact) mass is 422 g/mol. The summed E-state index contributed by atoms with van der Waals surface area (Å²) >= 11 is 0. The highest BCUT2D eigenvalue weighted by Crippen LogP contribution is 2.41. The number of nitrogens with zero attached hydrogens (tertiary/aromatic N) is 1. The molecule has 0 radical (unpaired) electrons. The van der Waals surface area contributed by atoms with Gasteiger partial charge in [-0.1, -0.05) is 54.6 Å². The van der Waals surface area contributed by atoms with Gasteiger partial charge in [0.25, 0.3) is 0 Å². The van der Waals surface area contributed by atoms with E-state index in [4.69, 9.17) is 14.5 Å². The van der Waals surface area contributed by atoms with Gasteiger partial charge in [-0.3, -0.25) is 4.79 Å². The Bertz CT molecular complexity index is 1320. The van der Waals surface area contributed by atoms with E-state index in [2.05, 4.69) is 11.4 Å². The number of carbonyl (C=O) groups excluding carboxylic acids is 1. The summed E-state index contributed by atoms with van der Waals surface area (Å²) in [5.74, 6) is 1.23. The second kappa shape index (κ2) is 8.19. The summed E-state index contributed by atoms with van der Waals surface area (Å²) in [4.78, 5) is 17.8. The van der Waals surface area contributed by atoms with Crippen LogP contribution in [-0.4, -0.2) is 25.1 Å². The molecule has 0 saturated carbocycles. The molecule has 1 N–H and O–H groups in total. The first-order chi connectivity index (χ1) is 15.7. The summed E-state index contributed by atoms with van der Waals surface area (Å²) in [6.07, 6.45) is 0.232. The number of aromatic nitrogens is 1. The highest BCUT2D eigenvalue weighted by Gasteiger charge is 2.24. The fourth-order valence-electron chi connectivity index (χ4n) is 4.15. The van der Waals surface area contributed by atoms with Crippen LogP contribution < -0.4 is 14.8 Å². The van der Waals surface area contributed by atoms with Gasteiger partial charge in [-0.25, -0.2) is 4.98 Å². The molecule has 0 unspecified atom stereocenters. The molecule has 32 heavy (non-hydrogen) atoms. The summed E-state index contributed by atoms with van der Waals surface area (Å²) in [6.45, 7) is 0. The van der Waals surface area contributed by atoms with Crippen LogP contribution in [-0.2, 0) is 11.2 Å². The lowest BCUT2D eigenvalue weighted by Crippen LogP contribution is -2.13. The van der Waals surface area contributed by atoms with E-state index in [1.165, 1.54) is 0 Å². The van der Waals surface area contributed by atoms with E-state index in [0.29, 0.717) is 11.5 Å². The first-order valence-electron chi connectivity index (χ1n) is 10.4. The summed E-state index contributed by atoms with van der Waals surface area (Å²) in [6, 6.07) is 25.7. The topological polar surface area (TPSA) is 60.5 Å². The standard InChI is InChI=1S/C27H22N2O3/c1-31-24-13-12-18(14-25(24)32-2)20-15-23(17-8-4-3-5-9-17)29-27-19-10-6-7-11-22(19)28-26(30)16-21(20)27/h3-15H,16H2,1-2H3,(H,28,30). The number of amides is 1. The molecule has 0 spiro atoms. The first-order valence-corrected chi connectivity index (χ1v) is 10.4. The van der Waals surface area contributed by atoms with E-state index in [0.717, 1.165) is 44.9 Å². The molecule has 4 aromatic rings. The van der Waals surface area contributed by atoms with E-state index in [9.17, 15) is 4.79 Å². The minimum atomic E-state index is -0.0628. The fourth-order valence-corrected chi connectivity index (χ4v) is 4.15. The minimum Gasteiger partial charge on any atom is -0.493 e. The number of nitrogens with one attached hydrogen (secondary N) is 1. The second-order valence-corrected chi connectivity index (χ2v) is 7.59. The molecule has 3 aromatic carbocycles. The van der Waals surface area contributed by atoms with Gasteiger partial charge in [0.1, 0.15) is 0 Å². The van der Waals surface area contributed by atoms with Gasteiger partial charge in [-0.2, -0.15) is 0 Å². The first kappa shape index (κ1) is 19.8. The third-order valence-corrected chi connectivity index (χ3v) is 5.68. The molecule has 2 heterocycles. The molecular weight excluding hydrogens is 400 g/mol. The minimum absolute atomic E-state index is 0.0628. The molecule has 0 saturated heterocycles. The van der Waals surface area contributed by atoms with Crippen LogP contribution in [0.1, 0.15) is 5.56 Å². The summed E-state index contributed by atoms with van der Waals surface area (Å²) in [7, 11) is 3.23. The number of rotatable bonds is 4. The zero-order valence-corrected chi connectivity index (χ0v) is 17.9. The molecule has 1 aliphatic rings. The molecule has 1 aromatic heterocycles. The van der Waals surface area contributed by atoms with Crippen molar-refractivity contribution in [2.24, 2.45) is 0 Å². The molecule has 0 atom stereocenters. The highest BCUT2D eigenvalue weighted by molar-refractivity contribution is 6.02. The Hall–Kier alpha value is -4.12. The van der Waals surface area contributed by atoms with Crippen LogP contribution >= 0.6 is 0 Å². The Morgan fingerprint density at radius 2 is 1.53 bits per heavy atom. The smallest absolute Gasteiger partial charge is 0.228 e. The lowest BCUT2D eigenvalue weighted by molar-refractivity contribution is -0.115. The molecule has 0 aliphatic carbocycles. The van der Waals surface area contributed by atoms with Crippen molar-refractivity contribution >= 4 is 11.6 Å². The summed E-state index contributed by atoms with van der Waals surface area (Å²) in [5.41, 5.74) is 7.12. The highest BCUT2D eigenvalue weighted by atomic mass is 16.5. The maximum Gasteiger partial charge on any atom is 0.228 e. The Morgan fingerprint density at radius 1 is 0.781 bits per heavy atom. The molecule has 158 valence electrons. The zero-order chi connectivity index (χ0) is 22.1. The Labute approximate surface area is 186 Å². The van der Waals surface area contributed by atoms with Gasteiger partial charge in [0.15, 0.2) is 11.5 Å². The van der Waals surface area contributed by atoms with Gasteiger partial charge < -0.3 is 14.8 Å². The number of para-hydroxylation sites is 1. The van der Waals surface area contributed by atoms with E-state index < -0.39 is 0 Å². The molecular formula is C27H22N2O3. The molecule has 0 fully saturated rings. The average Bonchev–Trinajstić information content (AvgIpc) is 2.99. The van der Waals surface area contributed by atoms with Crippen molar-refractivity contribution in [3.63, 3.8) is 0 Å². The number of pyridine rings is 1. The largest absolute Gasteiger partial charge is 0.493 e. The van der Waals surface area contributed by atoms with E-state index in [-0.39, 0.29) is 12.3 Å². The number of ether oxygens (including phenoxy) is 2. The van der Waals surface area contributed by atoms with Crippen molar-refractivity contribution in [1.29, 1.82) is 0 Å². The fraction of sp³-hybridized carbons (Fsp3) is 0.111. The van der Waals surface area contributed by atoms with Crippen molar-refractivity contribution in [2.75, 3.05) is 19.5 Å². The van der Waals surface area contributed by atoms with Crippen molar-refractivity contribution < 1.29 is 14.3 Å². The van der Waals surface area contributed by atoms with E-state index in [1.54, 1.807) is 14.2 Å². The summed E-state index contributed by atoms with van der Waals surface area (Å²) in [5, 5.41) is 3.02. The van der Waals surface area contributed by atoms with Gasteiger partial charge >= 0.3 is 0 Å². The number of benzene rings is 3. The zero-order valence-electron chi connectivity index (χ0n) is 17.9. The van der Waals surface area contributed by atoms with Crippen molar-refractivity contribution in [3.8, 4) is 45.1 Å². The summed E-state index contributed by atoms with van der Waals surface area (Å²) < 4.78 is 11.0. The third-order valence-electron chi connectivity index (χ3n) is 5.68. The number of fused-ring (bicyclic) bond motifs is 3. The number of hydrogen-bond donors (Lipinski definition) is 1. The van der Waals surface area contributed by atoms with Gasteiger partial charge in [0, 0.05) is 11.1 Å². The van der Waals surface area contributed by atoms with Crippen LogP contribution in [0.5, 0.6) is 11.5 Å². The maximum atomic E-state index is 12.8. The number of carbonyl (C=O) groups is 1. The van der Waals surface area contributed by atoms with Gasteiger partial charge in [-0.15, -0.1) is 0 Å². The number of methoxy groups -OCH3 is 2. The van der Waals surface area contributed by atoms with Crippen LogP contribution in [0.15, 0.2) is 78.9 Å². The Morgan fingerprint density at radius 3 is 2.31 bits per heavy atom.